The minimum atomic E-state index is -4.34. The van der Waals surface area contributed by atoms with E-state index in [9.17, 15) is 18.0 Å². The smallest absolute Gasteiger partial charge is 0.338 e. The van der Waals surface area contributed by atoms with E-state index in [0.29, 0.717) is 38.3 Å². The van der Waals surface area contributed by atoms with Crippen LogP contribution in [0.5, 0.6) is 0 Å². The molecule has 1 aliphatic rings. The number of hydrogen-bond acceptors (Lipinski definition) is 4. The van der Waals surface area contributed by atoms with Gasteiger partial charge in [0.2, 0.25) is 5.91 Å². The van der Waals surface area contributed by atoms with Crippen molar-refractivity contribution in [2.45, 2.75) is 18.8 Å². The molecule has 1 amide bonds. The molecular formula is C19H26Cl2F3N5O. The molecule has 30 heavy (non-hydrogen) atoms. The maximum atomic E-state index is 12.9. The van der Waals surface area contributed by atoms with Gasteiger partial charge in [0.05, 0.1) is 11.8 Å². The highest BCUT2D eigenvalue weighted by Crippen LogP contribution is 2.29. The van der Waals surface area contributed by atoms with E-state index in [1.165, 1.54) is 12.1 Å². The first kappa shape index (κ1) is 26.2. The van der Waals surface area contributed by atoms with Gasteiger partial charge in [0.1, 0.15) is 6.04 Å². The average Bonchev–Trinajstić information content (AvgIpc) is 3.08. The number of piperazine rings is 1. The molecule has 1 N–H and O–H groups in total. The SMILES string of the molecule is CNC(C(=O)N1CCN(Cc2cccc(C(F)(F)F)c2)CC1)c1cnn(C)c1.Cl.Cl. The normalized spacial score (nSPS) is 15.8. The van der Waals surface area contributed by atoms with Crippen LogP contribution in [0.1, 0.15) is 22.7 Å². The van der Waals surface area contributed by atoms with Crippen molar-refractivity contribution >= 4 is 30.7 Å². The van der Waals surface area contributed by atoms with Crippen molar-refractivity contribution in [1.82, 2.24) is 24.9 Å². The van der Waals surface area contributed by atoms with E-state index in [4.69, 9.17) is 0 Å². The Balaban J connectivity index is 0.00000225. The van der Waals surface area contributed by atoms with Crippen LogP contribution in [-0.2, 0) is 24.6 Å². The summed E-state index contributed by atoms with van der Waals surface area (Å²) in [5.74, 6) is -0.0192. The molecule has 0 radical (unpaired) electrons. The van der Waals surface area contributed by atoms with Crippen molar-refractivity contribution in [2.24, 2.45) is 7.05 Å². The van der Waals surface area contributed by atoms with Crippen LogP contribution < -0.4 is 5.32 Å². The summed E-state index contributed by atoms with van der Waals surface area (Å²) in [4.78, 5) is 16.7. The van der Waals surface area contributed by atoms with Gasteiger partial charge in [0, 0.05) is 51.5 Å². The van der Waals surface area contributed by atoms with E-state index in [0.717, 1.165) is 11.6 Å². The molecule has 6 nitrogen and oxygen atoms in total. The van der Waals surface area contributed by atoms with Gasteiger partial charge in [0.15, 0.2) is 0 Å². The lowest BCUT2D eigenvalue weighted by Gasteiger charge is -2.36. The molecule has 1 atom stereocenters. The van der Waals surface area contributed by atoms with Crippen molar-refractivity contribution in [2.75, 3.05) is 33.2 Å². The molecule has 2 aromatic rings. The minimum absolute atomic E-state index is 0. The first-order valence-electron chi connectivity index (χ1n) is 9.11. The van der Waals surface area contributed by atoms with E-state index in [1.54, 1.807) is 35.9 Å². The van der Waals surface area contributed by atoms with E-state index >= 15 is 0 Å². The second-order valence-corrected chi connectivity index (χ2v) is 6.97. The van der Waals surface area contributed by atoms with Gasteiger partial charge in [-0.1, -0.05) is 18.2 Å². The molecule has 1 aliphatic heterocycles. The molecule has 168 valence electrons. The van der Waals surface area contributed by atoms with Crippen LogP contribution in [-0.4, -0.2) is 58.7 Å². The van der Waals surface area contributed by atoms with Gasteiger partial charge in [-0.3, -0.25) is 14.4 Å². The second kappa shape index (κ2) is 11.0. The van der Waals surface area contributed by atoms with Gasteiger partial charge in [-0.2, -0.15) is 18.3 Å². The second-order valence-electron chi connectivity index (χ2n) is 6.97. The van der Waals surface area contributed by atoms with E-state index in [1.807, 2.05) is 6.20 Å². The lowest BCUT2D eigenvalue weighted by Crippen LogP contribution is -2.51. The summed E-state index contributed by atoms with van der Waals surface area (Å²) in [6.07, 6.45) is -0.860. The Morgan fingerprint density at radius 2 is 1.87 bits per heavy atom. The average molecular weight is 468 g/mol. The Morgan fingerprint density at radius 3 is 2.40 bits per heavy atom. The number of hydrogen-bond donors (Lipinski definition) is 1. The number of amides is 1. The van der Waals surface area contributed by atoms with Crippen LogP contribution >= 0.6 is 24.8 Å². The fourth-order valence-electron chi connectivity index (χ4n) is 3.44. The van der Waals surface area contributed by atoms with E-state index < -0.39 is 17.8 Å². The lowest BCUT2D eigenvalue weighted by atomic mass is 10.1. The Labute approximate surface area is 186 Å². The molecule has 3 rings (SSSR count). The highest BCUT2D eigenvalue weighted by Gasteiger charge is 2.31. The van der Waals surface area contributed by atoms with Crippen LogP contribution in [0.2, 0.25) is 0 Å². The lowest BCUT2D eigenvalue weighted by molar-refractivity contribution is -0.138. The number of benzene rings is 1. The number of halogens is 5. The van der Waals surface area contributed by atoms with Crippen molar-refractivity contribution in [3.05, 3.63) is 53.3 Å². The minimum Gasteiger partial charge on any atom is -0.338 e. The Kier molecular flexibility index (Phi) is 9.61. The van der Waals surface area contributed by atoms with Gasteiger partial charge >= 0.3 is 6.18 Å². The van der Waals surface area contributed by atoms with Crippen molar-refractivity contribution in [1.29, 1.82) is 0 Å². The summed E-state index contributed by atoms with van der Waals surface area (Å²) in [5.41, 5.74) is 0.798. The molecule has 1 aromatic heterocycles. The summed E-state index contributed by atoms with van der Waals surface area (Å²) >= 11 is 0. The molecule has 1 aromatic carbocycles. The molecular weight excluding hydrogens is 442 g/mol. The maximum absolute atomic E-state index is 12.9. The fourth-order valence-corrected chi connectivity index (χ4v) is 3.44. The number of likely N-dealkylation sites (N-methyl/N-ethyl adjacent to an activating group) is 1. The first-order valence-corrected chi connectivity index (χ1v) is 9.11. The van der Waals surface area contributed by atoms with Gasteiger partial charge in [-0.05, 0) is 18.7 Å². The first-order chi connectivity index (χ1) is 13.3. The van der Waals surface area contributed by atoms with Crippen LogP contribution in [0.25, 0.3) is 0 Å². The third-order valence-corrected chi connectivity index (χ3v) is 4.94. The van der Waals surface area contributed by atoms with Crippen molar-refractivity contribution in [3.63, 3.8) is 0 Å². The number of nitrogens with one attached hydrogen (secondary N) is 1. The molecule has 2 heterocycles. The van der Waals surface area contributed by atoms with Crippen molar-refractivity contribution in [3.8, 4) is 0 Å². The number of rotatable bonds is 5. The summed E-state index contributed by atoms with van der Waals surface area (Å²) in [6.45, 7) is 2.74. The third-order valence-electron chi connectivity index (χ3n) is 4.94. The predicted molar refractivity (Wildman–Crippen MR) is 113 cm³/mol. The standard InChI is InChI=1S/C19H24F3N5O.2ClH/c1-23-17(15-11-24-25(2)13-15)18(28)27-8-6-26(7-9-27)12-14-4-3-5-16(10-14)19(20,21)22;;/h3-5,10-11,13,17,23H,6-9,12H2,1-2H3;2*1H. The zero-order valence-corrected chi connectivity index (χ0v) is 18.4. The number of aryl methyl sites for hydroxylation is 1. The number of alkyl halides is 3. The van der Waals surface area contributed by atoms with Gasteiger partial charge in [0.25, 0.3) is 0 Å². The van der Waals surface area contributed by atoms with Gasteiger partial charge in [-0.15, -0.1) is 24.8 Å². The van der Waals surface area contributed by atoms with E-state index in [-0.39, 0.29) is 30.7 Å². The molecule has 0 aliphatic carbocycles. The summed E-state index contributed by atoms with van der Waals surface area (Å²) in [7, 11) is 3.53. The molecule has 0 spiro atoms. The number of aromatic nitrogens is 2. The summed E-state index contributed by atoms with van der Waals surface area (Å²) in [5, 5.41) is 7.15. The third kappa shape index (κ3) is 6.34. The Hall–Kier alpha value is -1.81. The number of carbonyl (C=O) groups excluding carboxylic acids is 1. The van der Waals surface area contributed by atoms with Crippen LogP contribution in [0, 0.1) is 0 Å². The van der Waals surface area contributed by atoms with Gasteiger partial charge in [-0.25, -0.2) is 0 Å². The Morgan fingerprint density at radius 1 is 1.20 bits per heavy atom. The summed E-state index contributed by atoms with van der Waals surface area (Å²) in [6, 6.07) is 4.95. The fraction of sp³-hybridized carbons (Fsp3) is 0.474. The largest absolute Gasteiger partial charge is 0.416 e. The monoisotopic (exact) mass is 467 g/mol. The van der Waals surface area contributed by atoms with Crippen molar-refractivity contribution < 1.29 is 18.0 Å². The number of nitrogens with zero attached hydrogens (tertiary/aromatic N) is 4. The van der Waals surface area contributed by atoms with Crippen LogP contribution in [0.4, 0.5) is 13.2 Å². The molecule has 1 unspecified atom stereocenters. The van der Waals surface area contributed by atoms with Crippen LogP contribution in [0.3, 0.4) is 0 Å². The maximum Gasteiger partial charge on any atom is 0.416 e. The molecule has 0 saturated carbocycles. The molecule has 1 fully saturated rings. The summed E-state index contributed by atoms with van der Waals surface area (Å²) < 4.78 is 40.3. The Bertz CT molecular complexity index is 822. The van der Waals surface area contributed by atoms with Crippen LogP contribution in [0.15, 0.2) is 36.7 Å². The predicted octanol–water partition coefficient (Wildman–Crippen LogP) is 2.89. The van der Waals surface area contributed by atoms with E-state index in [2.05, 4.69) is 15.3 Å². The zero-order chi connectivity index (χ0) is 20.3. The van der Waals surface area contributed by atoms with Gasteiger partial charge < -0.3 is 10.2 Å². The number of carbonyl (C=O) groups is 1. The molecule has 0 bridgehead atoms. The quantitative estimate of drug-likeness (QED) is 0.734. The zero-order valence-electron chi connectivity index (χ0n) is 16.7. The highest BCUT2D eigenvalue weighted by atomic mass is 35.5. The highest BCUT2D eigenvalue weighted by molar-refractivity contribution is 5.85. The molecule has 1 saturated heterocycles. The molecule has 11 heteroatoms. The topological polar surface area (TPSA) is 53.4 Å².